The van der Waals surface area contributed by atoms with E-state index >= 15 is 0 Å². The summed E-state index contributed by atoms with van der Waals surface area (Å²) in [5, 5.41) is -0.494. The van der Waals surface area contributed by atoms with Gasteiger partial charge in [0.15, 0.2) is 0 Å². The summed E-state index contributed by atoms with van der Waals surface area (Å²) in [4.78, 5) is 24.9. The number of thiol groups is 1. The molecule has 3 nitrogen and oxygen atoms in total. The van der Waals surface area contributed by atoms with Crippen LogP contribution in [0.4, 0.5) is 5.69 Å². The molecule has 84 valence electrons. The summed E-state index contributed by atoms with van der Waals surface area (Å²) in [5.74, 6) is -0.381. The molecule has 16 heavy (non-hydrogen) atoms. The van der Waals surface area contributed by atoms with E-state index in [1.54, 1.807) is 0 Å². The number of hydrogen-bond donors (Lipinski definition) is 1. The molecule has 1 heterocycles. The van der Waals surface area contributed by atoms with Crippen LogP contribution in [0.1, 0.15) is 17.5 Å². The number of nitrogens with zero attached hydrogens (tertiary/aromatic N) is 1. The standard InChI is InChI=1S/C12H13NO2S/c1-7-4-3-5-8(2)11(7)13-10(14)6-9(16)12(13)15/h3-5,9,16H,6H2,1-2H3. The van der Waals surface area contributed by atoms with Gasteiger partial charge in [-0.3, -0.25) is 9.59 Å². The van der Waals surface area contributed by atoms with Gasteiger partial charge in [0.2, 0.25) is 11.8 Å². The SMILES string of the molecule is Cc1cccc(C)c1N1C(=O)CC(S)C1=O. The van der Waals surface area contributed by atoms with Crippen LogP contribution < -0.4 is 4.90 Å². The average Bonchev–Trinajstić information content (AvgIpc) is 2.44. The molecule has 0 aromatic heterocycles. The zero-order chi connectivity index (χ0) is 11.9. The van der Waals surface area contributed by atoms with E-state index in [4.69, 9.17) is 0 Å². The van der Waals surface area contributed by atoms with E-state index in [0.29, 0.717) is 5.69 Å². The van der Waals surface area contributed by atoms with Gasteiger partial charge in [0.25, 0.3) is 0 Å². The molecule has 0 radical (unpaired) electrons. The average molecular weight is 235 g/mol. The van der Waals surface area contributed by atoms with E-state index in [0.717, 1.165) is 11.1 Å². The highest BCUT2D eigenvalue weighted by molar-refractivity contribution is 7.82. The smallest absolute Gasteiger partial charge is 0.247 e. The van der Waals surface area contributed by atoms with Crippen LogP contribution in [0.25, 0.3) is 0 Å². The Morgan fingerprint density at radius 3 is 2.25 bits per heavy atom. The van der Waals surface area contributed by atoms with Crippen molar-refractivity contribution < 1.29 is 9.59 Å². The predicted molar refractivity (Wildman–Crippen MR) is 65.8 cm³/mol. The number of benzene rings is 1. The van der Waals surface area contributed by atoms with Crippen LogP contribution >= 0.6 is 12.6 Å². The molecule has 0 bridgehead atoms. The highest BCUT2D eigenvalue weighted by Crippen LogP contribution is 2.30. The molecule has 1 saturated heterocycles. The fraction of sp³-hybridized carbons (Fsp3) is 0.333. The summed E-state index contributed by atoms with van der Waals surface area (Å²) in [6, 6.07) is 5.71. The van der Waals surface area contributed by atoms with Crippen LogP contribution in [0.3, 0.4) is 0 Å². The molecule has 0 saturated carbocycles. The Kier molecular flexibility index (Phi) is 2.76. The highest BCUT2D eigenvalue weighted by Gasteiger charge is 2.38. The lowest BCUT2D eigenvalue weighted by Gasteiger charge is -2.19. The van der Waals surface area contributed by atoms with Crippen molar-refractivity contribution in [2.75, 3.05) is 4.90 Å². The maximum Gasteiger partial charge on any atom is 0.247 e. The van der Waals surface area contributed by atoms with E-state index in [9.17, 15) is 9.59 Å². The van der Waals surface area contributed by atoms with Crippen LogP contribution in [0.15, 0.2) is 18.2 Å². The van der Waals surface area contributed by atoms with Gasteiger partial charge in [-0.25, -0.2) is 4.90 Å². The molecule has 0 N–H and O–H groups in total. The summed E-state index contributed by atoms with van der Waals surface area (Å²) >= 11 is 4.11. The van der Waals surface area contributed by atoms with Crippen LogP contribution in [0, 0.1) is 13.8 Å². The Morgan fingerprint density at radius 1 is 1.25 bits per heavy atom. The van der Waals surface area contributed by atoms with Crippen molar-refractivity contribution in [2.24, 2.45) is 0 Å². The van der Waals surface area contributed by atoms with E-state index in [1.165, 1.54) is 4.90 Å². The third-order valence-corrected chi connectivity index (χ3v) is 3.19. The van der Waals surface area contributed by atoms with E-state index in [1.807, 2.05) is 32.0 Å². The quantitative estimate of drug-likeness (QED) is 0.596. The van der Waals surface area contributed by atoms with Crippen LogP contribution in [-0.2, 0) is 9.59 Å². The minimum absolute atomic E-state index is 0.164. The number of carbonyl (C=O) groups is 2. The lowest BCUT2D eigenvalue weighted by Crippen LogP contribution is -2.31. The zero-order valence-corrected chi connectivity index (χ0v) is 10.1. The van der Waals surface area contributed by atoms with Crippen molar-refractivity contribution in [3.63, 3.8) is 0 Å². The van der Waals surface area contributed by atoms with Crippen molar-refractivity contribution >= 4 is 30.1 Å². The molecule has 1 aromatic carbocycles. The Morgan fingerprint density at radius 2 is 1.81 bits per heavy atom. The number of aryl methyl sites for hydroxylation is 2. The molecule has 1 aliphatic rings. The number of rotatable bonds is 1. The number of para-hydroxylation sites is 1. The Bertz CT molecular complexity index is 450. The lowest BCUT2D eigenvalue weighted by atomic mass is 10.1. The molecular weight excluding hydrogens is 222 g/mol. The third kappa shape index (κ3) is 1.63. The first-order chi connectivity index (χ1) is 7.52. The van der Waals surface area contributed by atoms with Gasteiger partial charge in [-0.15, -0.1) is 0 Å². The van der Waals surface area contributed by atoms with Gasteiger partial charge >= 0.3 is 0 Å². The second-order valence-corrected chi connectivity index (χ2v) is 4.65. The molecule has 2 amide bonds. The second kappa shape index (κ2) is 3.94. The van der Waals surface area contributed by atoms with Crippen molar-refractivity contribution in [1.29, 1.82) is 0 Å². The van der Waals surface area contributed by atoms with Crippen molar-refractivity contribution in [3.8, 4) is 0 Å². The van der Waals surface area contributed by atoms with Gasteiger partial charge in [-0.05, 0) is 25.0 Å². The molecular formula is C12H13NO2S. The highest BCUT2D eigenvalue weighted by atomic mass is 32.1. The molecule has 4 heteroatoms. The molecule has 1 atom stereocenters. The maximum atomic E-state index is 11.8. The summed E-state index contributed by atoms with van der Waals surface area (Å²) in [5.41, 5.74) is 2.59. The fourth-order valence-electron chi connectivity index (χ4n) is 2.01. The van der Waals surface area contributed by atoms with Gasteiger partial charge in [0, 0.05) is 6.42 Å². The van der Waals surface area contributed by atoms with Crippen LogP contribution in [0.5, 0.6) is 0 Å². The number of carbonyl (C=O) groups excluding carboxylic acids is 2. The number of anilines is 1. The summed E-state index contributed by atoms with van der Waals surface area (Å²) < 4.78 is 0. The number of hydrogen-bond acceptors (Lipinski definition) is 3. The summed E-state index contributed by atoms with van der Waals surface area (Å²) in [7, 11) is 0. The van der Waals surface area contributed by atoms with Crippen molar-refractivity contribution in [1.82, 2.24) is 0 Å². The number of imide groups is 1. The Hall–Kier alpha value is -1.29. The maximum absolute atomic E-state index is 11.8. The lowest BCUT2D eigenvalue weighted by molar-refractivity contribution is -0.121. The molecule has 1 aliphatic heterocycles. The largest absolute Gasteiger partial charge is 0.274 e. The number of amides is 2. The first-order valence-corrected chi connectivity index (χ1v) is 5.65. The first-order valence-electron chi connectivity index (χ1n) is 5.13. The third-order valence-electron chi connectivity index (χ3n) is 2.79. The fourth-order valence-corrected chi connectivity index (χ4v) is 2.28. The molecule has 1 unspecified atom stereocenters. The van der Waals surface area contributed by atoms with Crippen LogP contribution in [-0.4, -0.2) is 17.1 Å². The second-order valence-electron chi connectivity index (χ2n) is 4.03. The van der Waals surface area contributed by atoms with Crippen LogP contribution in [0.2, 0.25) is 0 Å². The first kappa shape index (κ1) is 11.2. The van der Waals surface area contributed by atoms with Gasteiger partial charge < -0.3 is 0 Å². The monoisotopic (exact) mass is 235 g/mol. The summed E-state index contributed by atoms with van der Waals surface area (Å²) in [6.07, 6.45) is 0.190. The molecule has 2 rings (SSSR count). The van der Waals surface area contributed by atoms with Crippen molar-refractivity contribution in [2.45, 2.75) is 25.5 Å². The molecule has 0 aliphatic carbocycles. The van der Waals surface area contributed by atoms with E-state index in [-0.39, 0.29) is 18.2 Å². The zero-order valence-electron chi connectivity index (χ0n) is 9.23. The van der Waals surface area contributed by atoms with Crippen molar-refractivity contribution in [3.05, 3.63) is 29.3 Å². The Labute approximate surface area is 99.9 Å². The van der Waals surface area contributed by atoms with E-state index in [2.05, 4.69) is 12.6 Å². The van der Waals surface area contributed by atoms with E-state index < -0.39 is 5.25 Å². The summed E-state index contributed by atoms with van der Waals surface area (Å²) in [6.45, 7) is 3.80. The molecule has 0 spiro atoms. The molecule has 1 fully saturated rings. The Balaban J connectivity index is 2.53. The normalized spacial score (nSPS) is 20.7. The minimum Gasteiger partial charge on any atom is -0.274 e. The van der Waals surface area contributed by atoms with Gasteiger partial charge in [0.05, 0.1) is 10.9 Å². The van der Waals surface area contributed by atoms with Gasteiger partial charge in [-0.2, -0.15) is 12.6 Å². The molecule has 1 aromatic rings. The predicted octanol–water partition coefficient (Wildman–Crippen LogP) is 1.87. The topological polar surface area (TPSA) is 37.4 Å². The van der Waals surface area contributed by atoms with Gasteiger partial charge in [0.1, 0.15) is 0 Å². The van der Waals surface area contributed by atoms with Gasteiger partial charge in [-0.1, -0.05) is 18.2 Å². The minimum atomic E-state index is -0.494.